The van der Waals surface area contributed by atoms with Crippen molar-refractivity contribution in [1.29, 1.82) is 0 Å². The van der Waals surface area contributed by atoms with E-state index >= 15 is 0 Å². The number of fused-ring (bicyclic) bond motifs is 2. The molecule has 0 bridgehead atoms. The smallest absolute Gasteiger partial charge is 0.400 e. The lowest BCUT2D eigenvalue weighted by Crippen LogP contribution is -1.89. The molecule has 0 fully saturated rings. The molecule has 106 valence electrons. The molecule has 4 nitrogen and oxygen atoms in total. The Morgan fingerprint density at radius 3 is 2.32 bits per heavy atom. The van der Waals surface area contributed by atoms with Gasteiger partial charge in [-0.3, -0.25) is 10.1 Å². The fourth-order valence-electron chi connectivity index (χ4n) is 2.86. The molecule has 4 aromatic rings. The normalized spacial score (nSPS) is 11.1. The summed E-state index contributed by atoms with van der Waals surface area (Å²) in [5.74, 6) is -0.211. The van der Waals surface area contributed by atoms with Crippen molar-refractivity contribution in [3.05, 3.63) is 76.8 Å². The number of nitrogens with zero attached hydrogens (tertiary/aromatic N) is 1. The van der Waals surface area contributed by atoms with E-state index in [1.807, 2.05) is 60.7 Å². The molecule has 0 spiro atoms. The van der Waals surface area contributed by atoms with E-state index in [0.29, 0.717) is 11.1 Å². The average Bonchev–Trinajstić information content (AvgIpc) is 2.94. The topological polar surface area (TPSA) is 56.3 Å². The van der Waals surface area contributed by atoms with Crippen molar-refractivity contribution in [2.75, 3.05) is 0 Å². The lowest BCUT2D eigenvalue weighted by Gasteiger charge is -2.04. The molecule has 22 heavy (non-hydrogen) atoms. The summed E-state index contributed by atoms with van der Waals surface area (Å²) in [6.07, 6.45) is 0. The van der Waals surface area contributed by atoms with E-state index in [4.69, 9.17) is 4.42 Å². The Hall–Kier alpha value is -3.14. The van der Waals surface area contributed by atoms with Crippen LogP contribution in [0.4, 0.5) is 5.88 Å². The predicted octanol–water partition coefficient (Wildman–Crippen LogP) is 5.16. The Bertz CT molecular complexity index is 1010. The standard InChI is InChI=1S/C18H11NO3/c20-19(21)18-17(15-9-3-4-11-16(15)22-18)14-10-5-7-12-6-1-2-8-13(12)14/h1-11H. The SMILES string of the molecule is O=[N+]([O-])c1oc2ccccc2c1-c1cccc2ccccc12. The molecule has 0 N–H and O–H groups in total. The van der Waals surface area contributed by atoms with Gasteiger partial charge in [-0.1, -0.05) is 60.7 Å². The van der Waals surface area contributed by atoms with Gasteiger partial charge in [-0.15, -0.1) is 0 Å². The van der Waals surface area contributed by atoms with Crippen LogP contribution in [0.1, 0.15) is 0 Å². The fourth-order valence-corrected chi connectivity index (χ4v) is 2.86. The maximum atomic E-state index is 11.4. The van der Waals surface area contributed by atoms with E-state index in [-0.39, 0.29) is 5.88 Å². The van der Waals surface area contributed by atoms with Crippen molar-refractivity contribution in [2.24, 2.45) is 0 Å². The lowest BCUT2D eigenvalue weighted by molar-refractivity contribution is -0.400. The quantitative estimate of drug-likeness (QED) is 0.378. The molecule has 0 unspecified atom stereocenters. The van der Waals surface area contributed by atoms with Crippen LogP contribution in [0, 0.1) is 10.1 Å². The summed E-state index contributed by atoms with van der Waals surface area (Å²) in [6, 6.07) is 20.9. The van der Waals surface area contributed by atoms with Gasteiger partial charge in [0.25, 0.3) is 0 Å². The summed E-state index contributed by atoms with van der Waals surface area (Å²) in [5, 5.41) is 14.2. The number of hydrogen-bond acceptors (Lipinski definition) is 3. The minimum absolute atomic E-state index is 0.211. The lowest BCUT2D eigenvalue weighted by atomic mass is 9.97. The van der Waals surface area contributed by atoms with Gasteiger partial charge in [0, 0.05) is 10.9 Å². The third-order valence-corrected chi connectivity index (χ3v) is 3.80. The molecule has 0 atom stereocenters. The summed E-state index contributed by atoms with van der Waals surface area (Å²) in [7, 11) is 0. The number of nitro groups is 1. The molecule has 3 aromatic carbocycles. The molecule has 0 saturated carbocycles. The molecular formula is C18H11NO3. The van der Waals surface area contributed by atoms with Crippen LogP contribution in [-0.4, -0.2) is 4.92 Å². The van der Waals surface area contributed by atoms with E-state index in [9.17, 15) is 10.1 Å². The summed E-state index contributed by atoms with van der Waals surface area (Å²) in [5.41, 5.74) is 1.88. The molecule has 0 aliphatic carbocycles. The van der Waals surface area contributed by atoms with E-state index in [1.54, 1.807) is 6.07 Å². The van der Waals surface area contributed by atoms with Crippen LogP contribution < -0.4 is 0 Å². The third-order valence-electron chi connectivity index (χ3n) is 3.80. The Morgan fingerprint density at radius 2 is 1.50 bits per heavy atom. The van der Waals surface area contributed by atoms with E-state index < -0.39 is 4.92 Å². The van der Waals surface area contributed by atoms with Crippen molar-refractivity contribution in [3.8, 4) is 11.1 Å². The summed E-state index contributed by atoms with van der Waals surface area (Å²) in [4.78, 5) is 11.0. The molecule has 4 heteroatoms. The summed E-state index contributed by atoms with van der Waals surface area (Å²) in [6.45, 7) is 0. The van der Waals surface area contributed by atoms with Gasteiger partial charge in [0.05, 0.1) is 0 Å². The van der Waals surface area contributed by atoms with Gasteiger partial charge in [0.1, 0.15) is 16.1 Å². The van der Waals surface area contributed by atoms with Crippen LogP contribution in [0.5, 0.6) is 0 Å². The monoisotopic (exact) mass is 289 g/mol. The molecule has 1 heterocycles. The van der Waals surface area contributed by atoms with Crippen LogP contribution in [0.25, 0.3) is 32.9 Å². The van der Waals surface area contributed by atoms with Crippen LogP contribution in [0.2, 0.25) is 0 Å². The van der Waals surface area contributed by atoms with Gasteiger partial charge in [-0.05, 0) is 16.8 Å². The van der Waals surface area contributed by atoms with E-state index in [1.165, 1.54) is 0 Å². The molecule has 0 radical (unpaired) electrons. The maximum Gasteiger partial charge on any atom is 0.442 e. The zero-order chi connectivity index (χ0) is 15.1. The van der Waals surface area contributed by atoms with Crippen molar-refractivity contribution in [1.82, 2.24) is 0 Å². The largest absolute Gasteiger partial charge is 0.442 e. The molecule has 4 rings (SSSR count). The first-order valence-corrected chi connectivity index (χ1v) is 6.90. The average molecular weight is 289 g/mol. The van der Waals surface area contributed by atoms with Crippen molar-refractivity contribution < 1.29 is 9.34 Å². The number of hydrogen-bond donors (Lipinski definition) is 0. The predicted molar refractivity (Wildman–Crippen MR) is 85.8 cm³/mol. The van der Waals surface area contributed by atoms with Crippen LogP contribution in [0.3, 0.4) is 0 Å². The molecule has 1 aromatic heterocycles. The summed E-state index contributed by atoms with van der Waals surface area (Å²) < 4.78 is 5.46. The van der Waals surface area contributed by atoms with Crippen LogP contribution >= 0.6 is 0 Å². The number of furan rings is 1. The Morgan fingerprint density at radius 1 is 0.818 bits per heavy atom. The van der Waals surface area contributed by atoms with E-state index in [0.717, 1.165) is 21.7 Å². The van der Waals surface area contributed by atoms with Gasteiger partial charge < -0.3 is 4.42 Å². The highest BCUT2D eigenvalue weighted by atomic mass is 16.6. The van der Waals surface area contributed by atoms with E-state index in [2.05, 4.69) is 0 Å². The van der Waals surface area contributed by atoms with Gasteiger partial charge in [-0.2, -0.15) is 0 Å². The van der Waals surface area contributed by atoms with Crippen molar-refractivity contribution in [3.63, 3.8) is 0 Å². The van der Waals surface area contributed by atoms with Gasteiger partial charge in [-0.25, -0.2) is 0 Å². The minimum atomic E-state index is -0.461. The number of para-hydroxylation sites is 1. The second-order valence-corrected chi connectivity index (χ2v) is 5.06. The zero-order valence-corrected chi connectivity index (χ0v) is 11.5. The number of benzene rings is 3. The second-order valence-electron chi connectivity index (χ2n) is 5.06. The first-order chi connectivity index (χ1) is 10.8. The fraction of sp³-hybridized carbons (Fsp3) is 0. The summed E-state index contributed by atoms with van der Waals surface area (Å²) >= 11 is 0. The highest BCUT2D eigenvalue weighted by Gasteiger charge is 2.26. The van der Waals surface area contributed by atoms with Gasteiger partial charge in [0.2, 0.25) is 0 Å². The first-order valence-electron chi connectivity index (χ1n) is 6.90. The van der Waals surface area contributed by atoms with Crippen LogP contribution in [0.15, 0.2) is 71.1 Å². The Balaban J connectivity index is 2.16. The highest BCUT2D eigenvalue weighted by molar-refractivity contribution is 6.07. The zero-order valence-electron chi connectivity index (χ0n) is 11.5. The maximum absolute atomic E-state index is 11.4. The third kappa shape index (κ3) is 1.78. The molecule has 0 saturated heterocycles. The van der Waals surface area contributed by atoms with Gasteiger partial charge in [0.15, 0.2) is 0 Å². The molecule has 0 aliphatic heterocycles. The minimum Gasteiger partial charge on any atom is -0.400 e. The Kier molecular flexibility index (Phi) is 2.69. The molecular weight excluding hydrogens is 278 g/mol. The molecule has 0 amide bonds. The molecule has 0 aliphatic rings. The Labute approximate surface area is 125 Å². The van der Waals surface area contributed by atoms with Crippen molar-refractivity contribution in [2.45, 2.75) is 0 Å². The van der Waals surface area contributed by atoms with Gasteiger partial charge >= 0.3 is 5.88 Å². The highest BCUT2D eigenvalue weighted by Crippen LogP contribution is 2.42. The first kappa shape index (κ1) is 12.6. The second kappa shape index (κ2) is 4.70. The van der Waals surface area contributed by atoms with Crippen molar-refractivity contribution >= 4 is 27.6 Å². The van der Waals surface area contributed by atoms with Crippen LogP contribution in [-0.2, 0) is 0 Å². The number of rotatable bonds is 2.